The predicted octanol–water partition coefficient (Wildman–Crippen LogP) is 3.86. The Kier molecular flexibility index (Phi) is 4.36. The molecule has 1 saturated heterocycles. The maximum atomic E-state index is 5.87. The van der Waals surface area contributed by atoms with E-state index >= 15 is 0 Å². The molecule has 3 heterocycles. The lowest BCUT2D eigenvalue weighted by atomic mass is 9.87. The fourth-order valence-corrected chi connectivity index (χ4v) is 3.89. The summed E-state index contributed by atoms with van der Waals surface area (Å²) in [5, 5.41) is 0. The zero-order chi connectivity index (χ0) is 16.4. The Morgan fingerprint density at radius 2 is 2.00 bits per heavy atom. The van der Waals surface area contributed by atoms with Gasteiger partial charge in [-0.25, -0.2) is 9.97 Å². The summed E-state index contributed by atoms with van der Waals surface area (Å²) < 4.78 is 11.1. The second-order valence-corrected chi connectivity index (χ2v) is 6.70. The highest BCUT2D eigenvalue weighted by molar-refractivity contribution is 5.36. The van der Waals surface area contributed by atoms with Crippen molar-refractivity contribution in [3.63, 3.8) is 0 Å². The number of nitrogens with zero attached hydrogens (tertiary/aromatic N) is 4. The first kappa shape index (κ1) is 15.4. The van der Waals surface area contributed by atoms with Crippen molar-refractivity contribution < 1.29 is 9.15 Å². The molecule has 6 heteroatoms. The van der Waals surface area contributed by atoms with Crippen LogP contribution < -0.4 is 9.64 Å². The normalized spacial score (nSPS) is 22.0. The highest BCUT2D eigenvalue weighted by Crippen LogP contribution is 2.37. The van der Waals surface area contributed by atoms with Crippen molar-refractivity contribution in [2.75, 3.05) is 18.6 Å². The molecule has 1 aliphatic heterocycles. The molecule has 2 aromatic rings. The van der Waals surface area contributed by atoms with E-state index in [4.69, 9.17) is 14.1 Å². The minimum atomic E-state index is 0.120. The van der Waals surface area contributed by atoms with Crippen LogP contribution in [0.4, 0.5) is 5.95 Å². The lowest BCUT2D eigenvalue weighted by molar-refractivity contribution is 0.395. The van der Waals surface area contributed by atoms with Gasteiger partial charge >= 0.3 is 0 Å². The van der Waals surface area contributed by atoms with Gasteiger partial charge in [0.05, 0.1) is 12.8 Å². The summed E-state index contributed by atoms with van der Waals surface area (Å²) in [4.78, 5) is 15.9. The number of ether oxygens (including phenoxy) is 1. The maximum Gasteiger partial charge on any atom is 0.229 e. The van der Waals surface area contributed by atoms with Gasteiger partial charge in [0, 0.05) is 24.7 Å². The topological polar surface area (TPSA) is 64.3 Å². The third-order valence-corrected chi connectivity index (χ3v) is 5.18. The number of oxazole rings is 1. The first-order valence-corrected chi connectivity index (χ1v) is 8.94. The van der Waals surface area contributed by atoms with Crippen molar-refractivity contribution in [3.05, 3.63) is 30.1 Å². The lowest BCUT2D eigenvalue weighted by Crippen LogP contribution is -2.25. The molecule has 0 amide bonds. The van der Waals surface area contributed by atoms with Crippen LogP contribution in [0.2, 0.25) is 0 Å². The Bertz CT molecular complexity index is 681. The standard InChI is InChI=1S/C18H24N4O2/c1-23-16-9-10-19-18(21-16)22-11-5-8-15(22)17-20-14(12-24-17)13-6-3-2-4-7-13/h9-10,12-13,15H,2-8,11H2,1H3. The predicted molar refractivity (Wildman–Crippen MR) is 90.2 cm³/mol. The molecule has 2 aliphatic rings. The van der Waals surface area contributed by atoms with Crippen LogP contribution >= 0.6 is 0 Å². The van der Waals surface area contributed by atoms with Gasteiger partial charge in [0.25, 0.3) is 0 Å². The van der Waals surface area contributed by atoms with Crippen molar-refractivity contribution >= 4 is 5.95 Å². The van der Waals surface area contributed by atoms with Crippen molar-refractivity contribution in [2.45, 2.75) is 56.9 Å². The van der Waals surface area contributed by atoms with E-state index in [0.29, 0.717) is 17.7 Å². The summed E-state index contributed by atoms with van der Waals surface area (Å²) in [7, 11) is 1.62. The van der Waals surface area contributed by atoms with E-state index in [2.05, 4.69) is 14.9 Å². The maximum absolute atomic E-state index is 5.87. The molecule has 24 heavy (non-hydrogen) atoms. The zero-order valence-corrected chi connectivity index (χ0v) is 14.1. The van der Waals surface area contributed by atoms with Gasteiger partial charge < -0.3 is 14.1 Å². The first-order valence-electron chi connectivity index (χ1n) is 8.94. The molecular weight excluding hydrogens is 304 g/mol. The Hall–Kier alpha value is -2.11. The Labute approximate surface area is 142 Å². The van der Waals surface area contributed by atoms with Gasteiger partial charge in [0.2, 0.25) is 17.7 Å². The molecule has 0 bridgehead atoms. The van der Waals surface area contributed by atoms with Gasteiger partial charge in [-0.05, 0) is 25.7 Å². The first-order chi connectivity index (χ1) is 11.8. The third kappa shape index (κ3) is 2.97. The molecule has 6 nitrogen and oxygen atoms in total. The molecule has 4 rings (SSSR count). The summed E-state index contributed by atoms with van der Waals surface area (Å²) in [6, 6.07) is 1.88. The summed E-state index contributed by atoms with van der Waals surface area (Å²) >= 11 is 0. The smallest absolute Gasteiger partial charge is 0.229 e. The van der Waals surface area contributed by atoms with Crippen LogP contribution in [0.5, 0.6) is 5.88 Å². The Morgan fingerprint density at radius 3 is 2.83 bits per heavy atom. The molecule has 0 N–H and O–H groups in total. The molecule has 1 aliphatic carbocycles. The number of aromatic nitrogens is 3. The van der Waals surface area contributed by atoms with Crippen LogP contribution in [0.25, 0.3) is 0 Å². The van der Waals surface area contributed by atoms with E-state index in [0.717, 1.165) is 31.0 Å². The van der Waals surface area contributed by atoms with Gasteiger partial charge in [-0.15, -0.1) is 0 Å². The number of rotatable bonds is 4. The second-order valence-electron chi connectivity index (χ2n) is 6.70. The molecule has 2 aromatic heterocycles. The van der Waals surface area contributed by atoms with Gasteiger partial charge in [0.1, 0.15) is 12.3 Å². The molecule has 0 radical (unpaired) electrons. The summed E-state index contributed by atoms with van der Waals surface area (Å²) in [6.45, 7) is 0.916. The molecule has 2 fully saturated rings. The minimum absolute atomic E-state index is 0.120. The van der Waals surface area contributed by atoms with E-state index in [9.17, 15) is 0 Å². The summed E-state index contributed by atoms with van der Waals surface area (Å²) in [5.41, 5.74) is 1.13. The van der Waals surface area contributed by atoms with Crippen LogP contribution in [-0.4, -0.2) is 28.6 Å². The molecule has 1 atom stereocenters. The average molecular weight is 328 g/mol. The van der Waals surface area contributed by atoms with E-state index < -0.39 is 0 Å². The Balaban J connectivity index is 1.55. The second kappa shape index (κ2) is 6.79. The molecule has 0 spiro atoms. The average Bonchev–Trinajstić information content (AvgIpc) is 3.31. The fraction of sp³-hybridized carbons (Fsp3) is 0.611. The largest absolute Gasteiger partial charge is 0.481 e. The van der Waals surface area contributed by atoms with Gasteiger partial charge in [-0.2, -0.15) is 4.98 Å². The zero-order valence-electron chi connectivity index (χ0n) is 14.1. The molecular formula is C18H24N4O2. The van der Waals surface area contributed by atoms with E-state index in [-0.39, 0.29) is 6.04 Å². The van der Waals surface area contributed by atoms with Crippen LogP contribution in [0.15, 0.2) is 22.9 Å². The van der Waals surface area contributed by atoms with E-state index in [1.165, 1.54) is 32.1 Å². The van der Waals surface area contributed by atoms with Crippen LogP contribution in [0.1, 0.15) is 68.5 Å². The van der Waals surface area contributed by atoms with Gasteiger partial charge in [-0.1, -0.05) is 19.3 Å². The minimum Gasteiger partial charge on any atom is -0.481 e. The van der Waals surface area contributed by atoms with Gasteiger partial charge in [0.15, 0.2) is 0 Å². The van der Waals surface area contributed by atoms with Gasteiger partial charge in [-0.3, -0.25) is 0 Å². The number of methoxy groups -OCH3 is 1. The van der Waals surface area contributed by atoms with Crippen molar-refractivity contribution in [1.29, 1.82) is 0 Å². The van der Waals surface area contributed by atoms with Crippen molar-refractivity contribution in [2.24, 2.45) is 0 Å². The highest BCUT2D eigenvalue weighted by Gasteiger charge is 2.32. The van der Waals surface area contributed by atoms with Crippen LogP contribution in [-0.2, 0) is 0 Å². The monoisotopic (exact) mass is 328 g/mol. The Morgan fingerprint density at radius 1 is 1.12 bits per heavy atom. The SMILES string of the molecule is COc1ccnc(N2CCCC2c2nc(C3CCCCC3)co2)n1. The third-order valence-electron chi connectivity index (χ3n) is 5.18. The molecule has 0 aromatic carbocycles. The number of hydrogen-bond donors (Lipinski definition) is 0. The molecule has 1 unspecified atom stereocenters. The van der Waals surface area contributed by atoms with Crippen molar-refractivity contribution in [1.82, 2.24) is 15.0 Å². The number of anilines is 1. The molecule has 128 valence electrons. The highest BCUT2D eigenvalue weighted by atomic mass is 16.5. The quantitative estimate of drug-likeness (QED) is 0.849. The van der Waals surface area contributed by atoms with E-state index in [1.807, 2.05) is 6.26 Å². The number of hydrogen-bond acceptors (Lipinski definition) is 6. The molecule has 1 saturated carbocycles. The summed E-state index contributed by atoms with van der Waals surface area (Å²) in [5.74, 6) is 2.65. The van der Waals surface area contributed by atoms with E-state index in [1.54, 1.807) is 19.4 Å². The fourth-order valence-electron chi connectivity index (χ4n) is 3.89. The van der Waals surface area contributed by atoms with Crippen molar-refractivity contribution in [3.8, 4) is 5.88 Å². The van der Waals surface area contributed by atoms with Crippen LogP contribution in [0.3, 0.4) is 0 Å². The summed E-state index contributed by atoms with van der Waals surface area (Å²) in [6.07, 6.45) is 12.1. The van der Waals surface area contributed by atoms with Crippen LogP contribution in [0, 0.1) is 0 Å². The lowest BCUT2D eigenvalue weighted by Gasteiger charge is -2.22.